The molecule has 0 amide bonds. The van der Waals surface area contributed by atoms with Crippen LogP contribution in [0.3, 0.4) is 0 Å². The lowest BCUT2D eigenvalue weighted by Crippen LogP contribution is -2.32. The standard InChI is InChI=1S/C10H13N5O5/c11-10-14-7-3(9(19)15-10)12-8(13-7)6-5(18)4(17)2(1-16)20-6/h2,4-6,16-18H,1H2,(H4,11,12,13,14,15,19)/t2-,4-,5-,6-/m1/s1. The van der Waals surface area contributed by atoms with Crippen molar-refractivity contribution in [3.05, 3.63) is 16.2 Å². The molecule has 3 heterocycles. The Hall–Kier alpha value is -2.01. The number of aliphatic hydroxyl groups excluding tert-OH is 3. The van der Waals surface area contributed by atoms with Gasteiger partial charge >= 0.3 is 0 Å². The quantitative estimate of drug-likeness (QED) is 0.348. The number of nitrogens with two attached hydrogens (primary N) is 1. The van der Waals surface area contributed by atoms with Gasteiger partial charge in [0, 0.05) is 0 Å². The van der Waals surface area contributed by atoms with E-state index in [0.717, 1.165) is 0 Å². The third kappa shape index (κ3) is 1.86. The fourth-order valence-electron chi connectivity index (χ4n) is 2.20. The molecule has 10 heteroatoms. The molecule has 20 heavy (non-hydrogen) atoms. The number of rotatable bonds is 2. The highest BCUT2D eigenvalue weighted by atomic mass is 16.6. The third-order valence-corrected chi connectivity index (χ3v) is 3.21. The lowest BCUT2D eigenvalue weighted by molar-refractivity contribution is -0.0249. The Morgan fingerprint density at radius 2 is 2.00 bits per heavy atom. The number of imidazole rings is 1. The first kappa shape index (κ1) is 13.0. The van der Waals surface area contributed by atoms with Gasteiger partial charge in [0.15, 0.2) is 11.2 Å². The summed E-state index contributed by atoms with van der Waals surface area (Å²) in [5, 5.41) is 28.6. The first-order valence-electron chi connectivity index (χ1n) is 5.89. The Labute approximate surface area is 111 Å². The molecule has 2 aromatic rings. The molecule has 0 saturated carbocycles. The second kappa shape index (κ2) is 4.52. The van der Waals surface area contributed by atoms with E-state index in [1.165, 1.54) is 0 Å². The Balaban J connectivity index is 2.03. The van der Waals surface area contributed by atoms with Crippen molar-refractivity contribution in [1.29, 1.82) is 0 Å². The summed E-state index contributed by atoms with van der Waals surface area (Å²) in [6, 6.07) is 0. The van der Waals surface area contributed by atoms with Gasteiger partial charge in [-0.05, 0) is 0 Å². The number of aromatic amines is 2. The van der Waals surface area contributed by atoms with Gasteiger partial charge in [-0.1, -0.05) is 0 Å². The number of hydrogen-bond donors (Lipinski definition) is 6. The van der Waals surface area contributed by atoms with E-state index in [9.17, 15) is 15.0 Å². The lowest BCUT2D eigenvalue weighted by atomic mass is 10.1. The highest BCUT2D eigenvalue weighted by Gasteiger charge is 2.44. The molecule has 1 aliphatic heterocycles. The number of aliphatic hydroxyl groups is 3. The molecule has 1 saturated heterocycles. The number of fused-ring (bicyclic) bond motifs is 1. The second-order valence-corrected chi connectivity index (χ2v) is 4.53. The molecule has 4 atom stereocenters. The summed E-state index contributed by atoms with van der Waals surface area (Å²) in [5.41, 5.74) is 5.08. The molecule has 0 aliphatic carbocycles. The fourth-order valence-corrected chi connectivity index (χ4v) is 2.20. The summed E-state index contributed by atoms with van der Waals surface area (Å²) >= 11 is 0. The largest absolute Gasteiger partial charge is 0.394 e. The van der Waals surface area contributed by atoms with Crippen LogP contribution >= 0.6 is 0 Å². The van der Waals surface area contributed by atoms with Crippen LogP contribution in [0.4, 0.5) is 5.95 Å². The number of anilines is 1. The predicted molar refractivity (Wildman–Crippen MR) is 65.6 cm³/mol. The Bertz CT molecular complexity index is 697. The number of nitrogens with zero attached hydrogens (tertiary/aromatic N) is 2. The van der Waals surface area contributed by atoms with Crippen LogP contribution in [0.25, 0.3) is 11.2 Å². The van der Waals surface area contributed by atoms with Gasteiger partial charge in [-0.3, -0.25) is 9.78 Å². The number of H-pyrrole nitrogens is 2. The summed E-state index contributed by atoms with van der Waals surface area (Å²) in [7, 11) is 0. The van der Waals surface area contributed by atoms with Crippen molar-refractivity contribution < 1.29 is 20.1 Å². The number of ether oxygens (including phenoxy) is 1. The molecule has 2 aromatic heterocycles. The molecule has 7 N–H and O–H groups in total. The maximum atomic E-state index is 11.7. The lowest BCUT2D eigenvalue weighted by Gasteiger charge is -2.11. The van der Waals surface area contributed by atoms with Gasteiger partial charge in [-0.25, -0.2) is 4.98 Å². The van der Waals surface area contributed by atoms with E-state index < -0.39 is 36.6 Å². The molecule has 0 spiro atoms. The van der Waals surface area contributed by atoms with Gasteiger partial charge in [-0.15, -0.1) is 0 Å². The zero-order chi connectivity index (χ0) is 14.4. The zero-order valence-electron chi connectivity index (χ0n) is 10.1. The molecule has 3 rings (SSSR count). The minimum atomic E-state index is -1.27. The summed E-state index contributed by atoms with van der Waals surface area (Å²) < 4.78 is 5.31. The van der Waals surface area contributed by atoms with Crippen molar-refractivity contribution in [1.82, 2.24) is 19.9 Å². The van der Waals surface area contributed by atoms with Crippen LogP contribution in [0, 0.1) is 0 Å². The van der Waals surface area contributed by atoms with E-state index >= 15 is 0 Å². The Morgan fingerprint density at radius 1 is 1.25 bits per heavy atom. The monoisotopic (exact) mass is 283 g/mol. The van der Waals surface area contributed by atoms with E-state index in [0.29, 0.717) is 0 Å². The minimum absolute atomic E-state index is 0.0818. The first-order chi connectivity index (χ1) is 9.51. The SMILES string of the molecule is Nc1nc2nc([C@@H]3O[C@H](CO)[C@@H](O)[C@H]3O)[nH]c2c(=O)[nH]1. The van der Waals surface area contributed by atoms with Crippen molar-refractivity contribution in [2.75, 3.05) is 12.3 Å². The fraction of sp³-hybridized carbons (Fsp3) is 0.500. The van der Waals surface area contributed by atoms with Gasteiger partial charge in [0.25, 0.3) is 5.56 Å². The van der Waals surface area contributed by atoms with Crippen molar-refractivity contribution >= 4 is 17.1 Å². The first-order valence-corrected chi connectivity index (χ1v) is 5.89. The molecule has 0 radical (unpaired) electrons. The Kier molecular flexibility index (Phi) is 2.94. The maximum Gasteiger partial charge on any atom is 0.278 e. The average molecular weight is 283 g/mol. The summed E-state index contributed by atoms with van der Waals surface area (Å²) in [6.07, 6.45) is -4.42. The third-order valence-electron chi connectivity index (χ3n) is 3.21. The van der Waals surface area contributed by atoms with E-state index in [-0.39, 0.29) is 22.9 Å². The molecule has 1 fully saturated rings. The highest BCUT2D eigenvalue weighted by Crippen LogP contribution is 2.32. The normalized spacial score (nSPS) is 30.1. The van der Waals surface area contributed by atoms with Crippen molar-refractivity contribution in [3.63, 3.8) is 0 Å². The molecular formula is C10H13N5O5. The molecular weight excluding hydrogens is 270 g/mol. The molecule has 0 unspecified atom stereocenters. The number of aromatic nitrogens is 4. The number of nitrogens with one attached hydrogen (secondary N) is 2. The summed E-state index contributed by atoms with van der Waals surface area (Å²) in [6.45, 7) is -0.444. The van der Waals surface area contributed by atoms with Gasteiger partial charge in [0.2, 0.25) is 5.95 Å². The topological polar surface area (TPSA) is 170 Å². The number of hydrogen-bond acceptors (Lipinski definition) is 8. The molecule has 0 aromatic carbocycles. The van der Waals surface area contributed by atoms with E-state index in [1.54, 1.807) is 0 Å². The molecule has 0 bridgehead atoms. The Morgan fingerprint density at radius 3 is 2.65 bits per heavy atom. The van der Waals surface area contributed by atoms with Crippen LogP contribution in [-0.2, 0) is 4.74 Å². The van der Waals surface area contributed by atoms with E-state index in [2.05, 4.69) is 19.9 Å². The molecule has 10 nitrogen and oxygen atoms in total. The van der Waals surface area contributed by atoms with Crippen LogP contribution in [-0.4, -0.2) is 60.2 Å². The van der Waals surface area contributed by atoms with Crippen LogP contribution in [0.2, 0.25) is 0 Å². The van der Waals surface area contributed by atoms with Crippen molar-refractivity contribution in [3.8, 4) is 0 Å². The highest BCUT2D eigenvalue weighted by molar-refractivity contribution is 5.70. The minimum Gasteiger partial charge on any atom is -0.394 e. The number of nitrogen functional groups attached to an aromatic ring is 1. The zero-order valence-corrected chi connectivity index (χ0v) is 10.1. The van der Waals surface area contributed by atoms with E-state index in [1.807, 2.05) is 0 Å². The van der Waals surface area contributed by atoms with Crippen LogP contribution in [0.1, 0.15) is 11.9 Å². The van der Waals surface area contributed by atoms with Gasteiger partial charge in [-0.2, -0.15) is 4.98 Å². The van der Waals surface area contributed by atoms with Crippen LogP contribution < -0.4 is 11.3 Å². The smallest absolute Gasteiger partial charge is 0.278 e. The van der Waals surface area contributed by atoms with Crippen LogP contribution in [0.15, 0.2) is 4.79 Å². The summed E-state index contributed by atoms with van der Waals surface area (Å²) in [5.74, 6) is 0.0489. The molecule has 108 valence electrons. The van der Waals surface area contributed by atoms with E-state index in [4.69, 9.17) is 15.6 Å². The van der Waals surface area contributed by atoms with Crippen molar-refractivity contribution in [2.24, 2.45) is 0 Å². The van der Waals surface area contributed by atoms with Crippen LogP contribution in [0.5, 0.6) is 0 Å². The second-order valence-electron chi connectivity index (χ2n) is 4.53. The average Bonchev–Trinajstić information content (AvgIpc) is 2.93. The van der Waals surface area contributed by atoms with Gasteiger partial charge in [0.05, 0.1) is 6.61 Å². The van der Waals surface area contributed by atoms with Gasteiger partial charge in [0.1, 0.15) is 30.2 Å². The summed E-state index contributed by atoms with van der Waals surface area (Å²) in [4.78, 5) is 24.5. The predicted octanol–water partition coefficient (Wildman–Crippen LogP) is -2.62. The maximum absolute atomic E-state index is 11.7. The van der Waals surface area contributed by atoms with Crippen molar-refractivity contribution in [2.45, 2.75) is 24.4 Å². The molecule has 1 aliphatic rings. The van der Waals surface area contributed by atoms with Gasteiger partial charge < -0.3 is 30.8 Å².